The molecule has 0 aliphatic carbocycles. The highest BCUT2D eigenvalue weighted by Gasteiger charge is 2.14. The molecular weight excluding hydrogens is 350 g/mol. The van der Waals surface area contributed by atoms with Crippen LogP contribution in [-0.2, 0) is 0 Å². The molecule has 6 heteroatoms. The Labute approximate surface area is 158 Å². The van der Waals surface area contributed by atoms with Gasteiger partial charge in [0.15, 0.2) is 0 Å². The van der Waals surface area contributed by atoms with Crippen molar-refractivity contribution in [1.82, 2.24) is 4.90 Å². The van der Waals surface area contributed by atoms with Crippen molar-refractivity contribution in [2.24, 2.45) is 0 Å². The molecule has 26 heavy (non-hydrogen) atoms. The highest BCUT2D eigenvalue weighted by Crippen LogP contribution is 2.21. The van der Waals surface area contributed by atoms with E-state index in [0.717, 1.165) is 6.42 Å². The van der Waals surface area contributed by atoms with E-state index in [-0.39, 0.29) is 16.8 Å². The number of nitriles is 1. The third-order valence-corrected chi connectivity index (χ3v) is 4.22. The number of benzene rings is 2. The van der Waals surface area contributed by atoms with E-state index in [1.807, 2.05) is 19.9 Å². The molecule has 0 heterocycles. The summed E-state index contributed by atoms with van der Waals surface area (Å²) in [4.78, 5) is 26.5. The van der Waals surface area contributed by atoms with Gasteiger partial charge < -0.3 is 10.2 Å². The molecular formula is C20H20ClN3O2. The van der Waals surface area contributed by atoms with Crippen LogP contribution in [0.5, 0.6) is 0 Å². The Morgan fingerprint density at radius 1 is 1.12 bits per heavy atom. The smallest absolute Gasteiger partial charge is 0.255 e. The van der Waals surface area contributed by atoms with E-state index in [9.17, 15) is 9.59 Å². The fourth-order valence-corrected chi connectivity index (χ4v) is 2.73. The van der Waals surface area contributed by atoms with E-state index < -0.39 is 0 Å². The molecule has 0 saturated carbocycles. The Bertz CT molecular complexity index is 841. The number of amides is 2. The molecule has 2 aromatic rings. The molecule has 0 bridgehead atoms. The largest absolute Gasteiger partial charge is 0.339 e. The molecule has 5 nitrogen and oxygen atoms in total. The second-order valence-corrected chi connectivity index (χ2v) is 6.13. The summed E-state index contributed by atoms with van der Waals surface area (Å²) in [6.45, 7) is 5.32. The van der Waals surface area contributed by atoms with Crippen molar-refractivity contribution in [2.75, 3.05) is 18.4 Å². The first-order valence-electron chi connectivity index (χ1n) is 8.40. The highest BCUT2D eigenvalue weighted by molar-refractivity contribution is 6.32. The molecule has 1 N–H and O–H groups in total. The van der Waals surface area contributed by atoms with Crippen LogP contribution < -0.4 is 5.32 Å². The zero-order valence-electron chi connectivity index (χ0n) is 14.8. The number of carbonyl (C=O) groups is 2. The maximum absolute atomic E-state index is 12.4. The average molecular weight is 370 g/mol. The Morgan fingerprint density at radius 2 is 1.77 bits per heavy atom. The lowest BCUT2D eigenvalue weighted by molar-refractivity contribution is 0.0764. The molecule has 0 spiro atoms. The quantitative estimate of drug-likeness (QED) is 0.823. The fourth-order valence-electron chi connectivity index (χ4n) is 2.51. The molecule has 2 rings (SSSR count). The lowest BCUT2D eigenvalue weighted by Crippen LogP contribution is -2.31. The van der Waals surface area contributed by atoms with Gasteiger partial charge in [0.1, 0.15) is 6.07 Å². The third kappa shape index (κ3) is 4.62. The van der Waals surface area contributed by atoms with Gasteiger partial charge in [-0.1, -0.05) is 18.5 Å². The normalized spacial score (nSPS) is 10.1. The SMILES string of the molecule is CCCN(CC)C(=O)c1ccc(C(=O)Nc2ccc(C#N)c(Cl)c2)cc1. The fraction of sp³-hybridized carbons (Fsp3) is 0.250. The van der Waals surface area contributed by atoms with Gasteiger partial charge in [0.2, 0.25) is 0 Å². The van der Waals surface area contributed by atoms with Gasteiger partial charge in [0.05, 0.1) is 10.6 Å². The number of rotatable bonds is 6. The molecule has 0 aliphatic rings. The number of nitrogens with zero attached hydrogens (tertiary/aromatic N) is 2. The zero-order chi connectivity index (χ0) is 19.1. The van der Waals surface area contributed by atoms with Crippen LogP contribution in [0.25, 0.3) is 0 Å². The van der Waals surface area contributed by atoms with Crippen LogP contribution in [-0.4, -0.2) is 29.8 Å². The molecule has 2 aromatic carbocycles. The summed E-state index contributed by atoms with van der Waals surface area (Å²) in [6.07, 6.45) is 0.896. The minimum absolute atomic E-state index is 0.0415. The molecule has 0 unspecified atom stereocenters. The van der Waals surface area contributed by atoms with Crippen molar-refractivity contribution >= 4 is 29.1 Å². The van der Waals surface area contributed by atoms with E-state index in [2.05, 4.69) is 5.32 Å². The predicted molar refractivity (Wildman–Crippen MR) is 102 cm³/mol. The summed E-state index contributed by atoms with van der Waals surface area (Å²) in [5.41, 5.74) is 1.83. The number of hydrogen-bond donors (Lipinski definition) is 1. The average Bonchev–Trinajstić information content (AvgIpc) is 2.66. The summed E-state index contributed by atoms with van der Waals surface area (Å²) in [6, 6.07) is 13.2. The Morgan fingerprint density at radius 3 is 2.31 bits per heavy atom. The number of anilines is 1. The second-order valence-electron chi connectivity index (χ2n) is 5.72. The molecule has 0 atom stereocenters. The van der Waals surface area contributed by atoms with Crippen LogP contribution in [0, 0.1) is 11.3 Å². The third-order valence-electron chi connectivity index (χ3n) is 3.90. The monoisotopic (exact) mass is 369 g/mol. The summed E-state index contributed by atoms with van der Waals surface area (Å²) >= 11 is 5.97. The molecule has 0 aromatic heterocycles. The van der Waals surface area contributed by atoms with Crippen molar-refractivity contribution in [3.05, 3.63) is 64.2 Å². The van der Waals surface area contributed by atoms with Crippen LogP contribution in [0.2, 0.25) is 5.02 Å². The lowest BCUT2D eigenvalue weighted by atomic mass is 10.1. The molecule has 0 aliphatic heterocycles. The van der Waals surface area contributed by atoms with Gasteiger partial charge in [0.25, 0.3) is 11.8 Å². The number of hydrogen-bond acceptors (Lipinski definition) is 3. The predicted octanol–water partition coefficient (Wildman–Crippen LogP) is 4.34. The van der Waals surface area contributed by atoms with Gasteiger partial charge in [-0.3, -0.25) is 9.59 Å². The zero-order valence-corrected chi connectivity index (χ0v) is 15.5. The standard InChI is InChI=1S/C20H20ClN3O2/c1-3-11-24(4-2)20(26)15-7-5-14(6-8-15)19(25)23-17-10-9-16(13-22)18(21)12-17/h5-10,12H,3-4,11H2,1-2H3,(H,23,25). The minimum atomic E-state index is -0.314. The van der Waals surface area contributed by atoms with Crippen molar-refractivity contribution < 1.29 is 9.59 Å². The van der Waals surface area contributed by atoms with Gasteiger partial charge in [-0.25, -0.2) is 0 Å². The Kier molecular flexibility index (Phi) is 6.76. The highest BCUT2D eigenvalue weighted by atomic mass is 35.5. The number of carbonyl (C=O) groups excluding carboxylic acids is 2. The van der Waals surface area contributed by atoms with Crippen molar-refractivity contribution in [2.45, 2.75) is 20.3 Å². The van der Waals surface area contributed by atoms with E-state index in [1.54, 1.807) is 41.3 Å². The van der Waals surface area contributed by atoms with Gasteiger partial charge in [0, 0.05) is 29.9 Å². The van der Waals surface area contributed by atoms with Crippen LogP contribution in [0.3, 0.4) is 0 Å². The Balaban J connectivity index is 2.10. The van der Waals surface area contributed by atoms with Crippen LogP contribution >= 0.6 is 11.6 Å². The van der Waals surface area contributed by atoms with Crippen LogP contribution in [0.1, 0.15) is 46.5 Å². The van der Waals surface area contributed by atoms with Crippen molar-refractivity contribution in [1.29, 1.82) is 5.26 Å². The van der Waals surface area contributed by atoms with E-state index in [4.69, 9.17) is 16.9 Å². The van der Waals surface area contributed by atoms with Crippen molar-refractivity contribution in [3.63, 3.8) is 0 Å². The first-order chi connectivity index (χ1) is 12.5. The maximum Gasteiger partial charge on any atom is 0.255 e. The van der Waals surface area contributed by atoms with Gasteiger partial charge in [-0.05, 0) is 55.8 Å². The van der Waals surface area contributed by atoms with Crippen molar-refractivity contribution in [3.8, 4) is 6.07 Å². The van der Waals surface area contributed by atoms with E-state index in [0.29, 0.717) is 35.5 Å². The number of nitrogens with one attached hydrogen (secondary N) is 1. The van der Waals surface area contributed by atoms with Crippen LogP contribution in [0.4, 0.5) is 5.69 Å². The molecule has 0 radical (unpaired) electrons. The maximum atomic E-state index is 12.4. The van der Waals surface area contributed by atoms with Gasteiger partial charge >= 0.3 is 0 Å². The van der Waals surface area contributed by atoms with E-state index in [1.165, 1.54) is 6.07 Å². The molecule has 2 amide bonds. The van der Waals surface area contributed by atoms with Gasteiger partial charge in [-0.2, -0.15) is 5.26 Å². The van der Waals surface area contributed by atoms with E-state index >= 15 is 0 Å². The summed E-state index contributed by atoms with van der Waals surface area (Å²) < 4.78 is 0. The first kappa shape index (κ1) is 19.5. The molecule has 134 valence electrons. The molecule has 0 saturated heterocycles. The summed E-state index contributed by atoms with van der Waals surface area (Å²) in [5.74, 6) is -0.356. The van der Waals surface area contributed by atoms with Crippen LogP contribution in [0.15, 0.2) is 42.5 Å². The number of halogens is 1. The topological polar surface area (TPSA) is 73.2 Å². The second kappa shape index (κ2) is 9.02. The Hall–Kier alpha value is -2.84. The van der Waals surface area contributed by atoms with Gasteiger partial charge in [-0.15, -0.1) is 0 Å². The lowest BCUT2D eigenvalue weighted by Gasteiger charge is -2.20. The summed E-state index contributed by atoms with van der Waals surface area (Å²) in [5, 5.41) is 11.9. The molecule has 0 fully saturated rings. The first-order valence-corrected chi connectivity index (χ1v) is 8.78. The summed E-state index contributed by atoms with van der Waals surface area (Å²) in [7, 11) is 0. The minimum Gasteiger partial charge on any atom is -0.339 e.